The van der Waals surface area contributed by atoms with E-state index in [2.05, 4.69) is 35.6 Å². The lowest BCUT2D eigenvalue weighted by atomic mass is 9.96. The van der Waals surface area contributed by atoms with Gasteiger partial charge in [0.1, 0.15) is 5.60 Å². The van der Waals surface area contributed by atoms with Crippen LogP contribution in [-0.2, 0) is 11.2 Å². The number of carbonyl (C=O) groups excluding carboxylic acids is 1. The van der Waals surface area contributed by atoms with Crippen molar-refractivity contribution in [3.05, 3.63) is 35.9 Å². The van der Waals surface area contributed by atoms with Crippen LogP contribution in [0.2, 0.25) is 0 Å². The lowest BCUT2D eigenvalue weighted by molar-refractivity contribution is 0.0126. The van der Waals surface area contributed by atoms with Gasteiger partial charge in [-0.25, -0.2) is 4.79 Å². The highest BCUT2D eigenvalue weighted by molar-refractivity contribution is 5.68. The Labute approximate surface area is 151 Å². The van der Waals surface area contributed by atoms with Crippen LogP contribution in [0.5, 0.6) is 0 Å². The third-order valence-corrected chi connectivity index (χ3v) is 5.21. The van der Waals surface area contributed by atoms with Crippen molar-refractivity contribution in [3.8, 4) is 0 Å². The summed E-state index contributed by atoms with van der Waals surface area (Å²) in [5, 5.41) is 3.81. The number of fused-ring (bicyclic) bond motifs is 1. The van der Waals surface area contributed by atoms with Gasteiger partial charge in [0.15, 0.2) is 0 Å². The maximum atomic E-state index is 12.8. The number of ether oxygens (including phenoxy) is 1. The van der Waals surface area contributed by atoms with Gasteiger partial charge in [0.25, 0.3) is 0 Å². The number of carbonyl (C=O) groups is 1. The summed E-state index contributed by atoms with van der Waals surface area (Å²) < 4.78 is 5.69. The highest BCUT2D eigenvalue weighted by Gasteiger charge is 2.40. The first-order valence-corrected chi connectivity index (χ1v) is 9.72. The number of nitrogens with zero attached hydrogens (tertiary/aromatic N) is 1. The van der Waals surface area contributed by atoms with E-state index in [0.717, 1.165) is 32.2 Å². The fourth-order valence-electron chi connectivity index (χ4n) is 4.13. The van der Waals surface area contributed by atoms with Crippen LogP contribution >= 0.6 is 0 Å². The fourth-order valence-corrected chi connectivity index (χ4v) is 4.13. The highest BCUT2D eigenvalue weighted by atomic mass is 16.6. The lowest BCUT2D eigenvalue weighted by Gasteiger charge is -2.35. The standard InChI is InChI=1S/C21H32N2O2/c1-21(2,3)25-20(24)23-13-9-5-8-12-18-19(23)15-17(22-18)14-16-10-6-4-7-11-16/h4,6-7,10-11,17-19,22H,5,8-9,12-15H2,1-3H3/t17-,18?,19?/m0/s1. The van der Waals surface area contributed by atoms with Crippen LogP contribution in [0, 0.1) is 0 Å². The van der Waals surface area contributed by atoms with Gasteiger partial charge in [-0.05, 0) is 52.0 Å². The van der Waals surface area contributed by atoms with Crippen molar-refractivity contribution in [1.82, 2.24) is 10.2 Å². The largest absolute Gasteiger partial charge is 0.444 e. The van der Waals surface area contributed by atoms with Crippen molar-refractivity contribution in [2.75, 3.05) is 6.54 Å². The van der Waals surface area contributed by atoms with Crippen LogP contribution in [-0.4, -0.2) is 41.3 Å². The van der Waals surface area contributed by atoms with Gasteiger partial charge >= 0.3 is 6.09 Å². The Kier molecular flexibility index (Phi) is 5.67. The van der Waals surface area contributed by atoms with Crippen LogP contribution in [0.15, 0.2) is 30.3 Å². The van der Waals surface area contributed by atoms with Gasteiger partial charge in [-0.15, -0.1) is 0 Å². The molecule has 2 fully saturated rings. The van der Waals surface area contributed by atoms with Gasteiger partial charge in [0.05, 0.1) is 6.04 Å². The lowest BCUT2D eigenvalue weighted by Crippen LogP contribution is -2.49. The smallest absolute Gasteiger partial charge is 0.410 e. The van der Waals surface area contributed by atoms with Gasteiger partial charge in [0, 0.05) is 18.6 Å². The minimum absolute atomic E-state index is 0.147. The summed E-state index contributed by atoms with van der Waals surface area (Å²) in [6.45, 7) is 6.64. The molecule has 4 nitrogen and oxygen atoms in total. The van der Waals surface area contributed by atoms with Gasteiger partial charge in [-0.2, -0.15) is 0 Å². The molecule has 2 saturated heterocycles. The molecular weight excluding hydrogens is 312 g/mol. The van der Waals surface area contributed by atoms with E-state index < -0.39 is 5.60 Å². The van der Waals surface area contributed by atoms with E-state index in [0.29, 0.717) is 12.1 Å². The second-order valence-corrected chi connectivity index (χ2v) is 8.49. The molecule has 3 rings (SSSR count). The SMILES string of the molecule is CC(C)(C)OC(=O)N1CCCCCC2N[C@@H](Cc3ccccc3)CC21. The Balaban J connectivity index is 1.70. The van der Waals surface area contributed by atoms with E-state index in [1.807, 2.05) is 25.7 Å². The molecule has 0 bridgehead atoms. The quantitative estimate of drug-likeness (QED) is 0.877. The average Bonchev–Trinajstić information content (AvgIpc) is 2.88. The Morgan fingerprint density at radius 3 is 2.68 bits per heavy atom. The normalized spacial score (nSPS) is 27.3. The van der Waals surface area contributed by atoms with Crippen molar-refractivity contribution in [2.45, 2.75) is 83.0 Å². The van der Waals surface area contributed by atoms with Crippen molar-refractivity contribution in [1.29, 1.82) is 0 Å². The van der Waals surface area contributed by atoms with Crippen LogP contribution in [0.1, 0.15) is 58.4 Å². The number of likely N-dealkylation sites (tertiary alicyclic amines) is 1. The number of hydrogen-bond donors (Lipinski definition) is 1. The van der Waals surface area contributed by atoms with Crippen LogP contribution in [0.25, 0.3) is 0 Å². The molecule has 1 amide bonds. The Morgan fingerprint density at radius 1 is 1.20 bits per heavy atom. The first kappa shape index (κ1) is 18.2. The van der Waals surface area contributed by atoms with Gasteiger partial charge in [-0.1, -0.05) is 43.2 Å². The fraction of sp³-hybridized carbons (Fsp3) is 0.667. The predicted molar refractivity (Wildman–Crippen MR) is 101 cm³/mol. The van der Waals surface area contributed by atoms with E-state index in [1.165, 1.54) is 18.4 Å². The predicted octanol–water partition coefficient (Wildman–Crippen LogP) is 4.14. The summed E-state index contributed by atoms with van der Waals surface area (Å²) in [6.07, 6.45) is 6.55. The van der Waals surface area contributed by atoms with Gasteiger partial charge in [-0.3, -0.25) is 0 Å². The second-order valence-electron chi connectivity index (χ2n) is 8.49. The topological polar surface area (TPSA) is 41.6 Å². The van der Waals surface area contributed by atoms with Crippen molar-refractivity contribution in [2.24, 2.45) is 0 Å². The summed E-state index contributed by atoms with van der Waals surface area (Å²) >= 11 is 0. The first-order chi connectivity index (χ1) is 11.9. The van der Waals surface area contributed by atoms with E-state index >= 15 is 0 Å². The molecule has 3 atom stereocenters. The molecule has 0 aliphatic carbocycles. The second kappa shape index (κ2) is 7.77. The highest BCUT2D eigenvalue weighted by Crippen LogP contribution is 2.29. The maximum Gasteiger partial charge on any atom is 0.410 e. The molecule has 1 N–H and O–H groups in total. The Hall–Kier alpha value is -1.55. The zero-order valence-corrected chi connectivity index (χ0v) is 15.8. The molecule has 25 heavy (non-hydrogen) atoms. The minimum atomic E-state index is -0.440. The van der Waals surface area contributed by atoms with E-state index in [9.17, 15) is 4.79 Å². The first-order valence-electron chi connectivity index (χ1n) is 9.72. The molecule has 138 valence electrons. The van der Waals surface area contributed by atoms with E-state index in [1.54, 1.807) is 0 Å². The number of rotatable bonds is 2. The molecule has 0 saturated carbocycles. The number of benzene rings is 1. The molecule has 4 heteroatoms. The van der Waals surface area contributed by atoms with Crippen LogP contribution < -0.4 is 5.32 Å². The molecule has 2 aliphatic rings. The zero-order valence-electron chi connectivity index (χ0n) is 15.8. The van der Waals surface area contributed by atoms with Crippen molar-refractivity contribution < 1.29 is 9.53 Å². The molecule has 1 aromatic carbocycles. The Bertz CT molecular complexity index is 567. The molecule has 0 radical (unpaired) electrons. The molecule has 2 aliphatic heterocycles. The third-order valence-electron chi connectivity index (χ3n) is 5.21. The summed E-state index contributed by atoms with van der Waals surface area (Å²) in [4.78, 5) is 14.8. The minimum Gasteiger partial charge on any atom is -0.444 e. The van der Waals surface area contributed by atoms with E-state index in [4.69, 9.17) is 4.74 Å². The summed E-state index contributed by atoms with van der Waals surface area (Å²) in [6, 6.07) is 11.7. The maximum absolute atomic E-state index is 12.8. The van der Waals surface area contributed by atoms with E-state index in [-0.39, 0.29) is 12.1 Å². The molecule has 2 heterocycles. The summed E-state index contributed by atoms with van der Waals surface area (Å²) in [7, 11) is 0. The molecule has 1 aromatic rings. The van der Waals surface area contributed by atoms with Crippen LogP contribution in [0.3, 0.4) is 0 Å². The molecule has 0 spiro atoms. The van der Waals surface area contributed by atoms with Crippen molar-refractivity contribution >= 4 is 6.09 Å². The summed E-state index contributed by atoms with van der Waals surface area (Å²) in [5.74, 6) is 0. The van der Waals surface area contributed by atoms with Crippen molar-refractivity contribution in [3.63, 3.8) is 0 Å². The molecule has 2 unspecified atom stereocenters. The number of amides is 1. The van der Waals surface area contributed by atoms with Crippen LogP contribution in [0.4, 0.5) is 4.79 Å². The zero-order chi connectivity index (χ0) is 17.9. The molecular formula is C21H32N2O2. The summed E-state index contributed by atoms with van der Waals surface area (Å²) in [5.41, 5.74) is 0.919. The Morgan fingerprint density at radius 2 is 1.96 bits per heavy atom. The number of hydrogen-bond acceptors (Lipinski definition) is 3. The number of nitrogens with one attached hydrogen (secondary N) is 1. The van der Waals surface area contributed by atoms with Gasteiger partial charge in [0.2, 0.25) is 0 Å². The monoisotopic (exact) mass is 344 g/mol. The van der Waals surface area contributed by atoms with Gasteiger partial charge < -0.3 is 15.0 Å². The average molecular weight is 344 g/mol. The molecule has 0 aromatic heterocycles. The third kappa shape index (κ3) is 4.97.